The summed E-state index contributed by atoms with van der Waals surface area (Å²) in [6.07, 6.45) is 0.410. The molecule has 1 heterocycles. The van der Waals surface area contributed by atoms with Gasteiger partial charge >= 0.3 is 23.9 Å². The minimum absolute atomic E-state index is 0.0403. The molecule has 2 unspecified atom stereocenters. The third kappa shape index (κ3) is 2.59. The Morgan fingerprint density at radius 2 is 1.63 bits per heavy atom. The number of ether oxygens (including phenoxy) is 3. The molecular formula is C12H14O7. The number of fused-ring (bicyclic) bond motifs is 1. The van der Waals surface area contributed by atoms with Crippen LogP contribution in [0.1, 0.15) is 33.1 Å². The van der Waals surface area contributed by atoms with Crippen molar-refractivity contribution in [2.24, 2.45) is 11.8 Å². The number of hydrogen-bond acceptors (Lipinski definition) is 7. The summed E-state index contributed by atoms with van der Waals surface area (Å²) in [6.45, 7) is 2.38. The molecule has 1 saturated heterocycles. The molecule has 1 aliphatic heterocycles. The van der Waals surface area contributed by atoms with Gasteiger partial charge in [0.15, 0.2) is 0 Å². The highest BCUT2D eigenvalue weighted by molar-refractivity contribution is 5.96. The number of carbonyl (C=O) groups is 4. The lowest BCUT2D eigenvalue weighted by Crippen LogP contribution is -2.46. The number of hydrogen-bond donors (Lipinski definition) is 0. The van der Waals surface area contributed by atoms with E-state index < -0.39 is 41.5 Å². The van der Waals surface area contributed by atoms with Crippen molar-refractivity contribution in [3.05, 3.63) is 0 Å². The predicted octanol–water partition coefficient (Wildman–Crippen LogP) is 0.309. The molecule has 7 heteroatoms. The first kappa shape index (κ1) is 13.5. The maximum absolute atomic E-state index is 11.6. The molecule has 104 valence electrons. The van der Waals surface area contributed by atoms with Crippen molar-refractivity contribution in [1.82, 2.24) is 0 Å². The van der Waals surface area contributed by atoms with Crippen LogP contribution in [0.15, 0.2) is 0 Å². The summed E-state index contributed by atoms with van der Waals surface area (Å²) in [6, 6.07) is 0. The van der Waals surface area contributed by atoms with Gasteiger partial charge in [-0.15, -0.1) is 0 Å². The molecule has 2 atom stereocenters. The molecule has 2 rings (SSSR count). The van der Waals surface area contributed by atoms with Crippen LogP contribution in [0.2, 0.25) is 0 Å². The fourth-order valence-electron chi connectivity index (χ4n) is 2.67. The van der Waals surface area contributed by atoms with Crippen LogP contribution in [0.4, 0.5) is 0 Å². The lowest BCUT2D eigenvalue weighted by Gasteiger charge is -2.38. The van der Waals surface area contributed by atoms with Gasteiger partial charge in [0.1, 0.15) is 0 Å². The van der Waals surface area contributed by atoms with Crippen molar-refractivity contribution in [1.29, 1.82) is 0 Å². The highest BCUT2D eigenvalue weighted by atomic mass is 16.7. The van der Waals surface area contributed by atoms with Crippen LogP contribution in [0.5, 0.6) is 0 Å². The van der Waals surface area contributed by atoms with E-state index in [1.54, 1.807) is 0 Å². The molecule has 0 spiro atoms. The van der Waals surface area contributed by atoms with Crippen LogP contribution in [0, 0.1) is 11.8 Å². The molecule has 1 saturated carbocycles. The van der Waals surface area contributed by atoms with Crippen LogP contribution >= 0.6 is 0 Å². The number of cyclic esters (lactones) is 2. The van der Waals surface area contributed by atoms with Crippen molar-refractivity contribution in [3.8, 4) is 0 Å². The molecule has 0 bridgehead atoms. The van der Waals surface area contributed by atoms with Gasteiger partial charge < -0.3 is 14.2 Å². The highest BCUT2D eigenvalue weighted by Crippen LogP contribution is 2.44. The van der Waals surface area contributed by atoms with E-state index in [2.05, 4.69) is 4.74 Å². The minimum atomic E-state index is -1.47. The molecule has 0 N–H and O–H groups in total. The highest BCUT2D eigenvalue weighted by Gasteiger charge is 2.55. The maximum Gasteiger partial charge on any atom is 0.317 e. The van der Waals surface area contributed by atoms with E-state index >= 15 is 0 Å². The Labute approximate surface area is 109 Å². The molecule has 0 aromatic heterocycles. The Morgan fingerprint density at radius 1 is 1.11 bits per heavy atom. The average Bonchev–Trinajstić information content (AvgIpc) is 2.51. The summed E-state index contributed by atoms with van der Waals surface area (Å²) in [5.74, 6) is -5.17. The first-order valence-corrected chi connectivity index (χ1v) is 5.98. The van der Waals surface area contributed by atoms with Gasteiger partial charge in [0.25, 0.3) is 5.79 Å². The molecule has 7 nitrogen and oxygen atoms in total. The van der Waals surface area contributed by atoms with Gasteiger partial charge in [-0.25, -0.2) is 0 Å². The van der Waals surface area contributed by atoms with Crippen molar-refractivity contribution in [2.75, 3.05) is 0 Å². The number of esters is 4. The normalized spacial score (nSPS) is 28.3. The van der Waals surface area contributed by atoms with Crippen molar-refractivity contribution in [2.45, 2.75) is 38.9 Å². The first-order valence-electron chi connectivity index (χ1n) is 5.98. The van der Waals surface area contributed by atoms with Gasteiger partial charge in [-0.3, -0.25) is 19.2 Å². The summed E-state index contributed by atoms with van der Waals surface area (Å²) in [5, 5.41) is 0. The van der Waals surface area contributed by atoms with Crippen molar-refractivity contribution in [3.63, 3.8) is 0 Å². The van der Waals surface area contributed by atoms with Gasteiger partial charge in [0.05, 0.1) is 11.8 Å². The summed E-state index contributed by atoms with van der Waals surface area (Å²) in [5.41, 5.74) is 0. The van der Waals surface area contributed by atoms with Crippen LogP contribution in [-0.4, -0.2) is 29.7 Å². The summed E-state index contributed by atoms with van der Waals surface area (Å²) >= 11 is 0. The van der Waals surface area contributed by atoms with Crippen molar-refractivity contribution < 1.29 is 33.4 Å². The van der Waals surface area contributed by atoms with Crippen LogP contribution in [0.3, 0.4) is 0 Å². The van der Waals surface area contributed by atoms with E-state index in [9.17, 15) is 19.2 Å². The smallest absolute Gasteiger partial charge is 0.317 e. The third-order valence-corrected chi connectivity index (χ3v) is 3.32. The lowest BCUT2D eigenvalue weighted by molar-refractivity contribution is -0.242. The zero-order valence-corrected chi connectivity index (χ0v) is 10.6. The van der Waals surface area contributed by atoms with E-state index in [4.69, 9.17) is 9.47 Å². The van der Waals surface area contributed by atoms with E-state index in [1.807, 2.05) is 0 Å². The molecule has 0 radical (unpaired) electrons. The van der Waals surface area contributed by atoms with Crippen molar-refractivity contribution >= 4 is 23.9 Å². The topological polar surface area (TPSA) is 96.0 Å². The first-order chi connectivity index (χ1) is 8.83. The molecule has 2 fully saturated rings. The Balaban J connectivity index is 2.22. The van der Waals surface area contributed by atoms with Gasteiger partial charge in [0, 0.05) is 26.7 Å². The Hall–Kier alpha value is -1.92. The van der Waals surface area contributed by atoms with E-state index in [0.717, 1.165) is 0 Å². The predicted molar refractivity (Wildman–Crippen MR) is 58.2 cm³/mol. The van der Waals surface area contributed by atoms with E-state index in [1.165, 1.54) is 13.8 Å². The average molecular weight is 270 g/mol. The quantitative estimate of drug-likeness (QED) is 0.404. The second-order valence-electron chi connectivity index (χ2n) is 4.79. The zero-order valence-electron chi connectivity index (χ0n) is 10.6. The Morgan fingerprint density at radius 3 is 2.16 bits per heavy atom. The summed E-state index contributed by atoms with van der Waals surface area (Å²) in [4.78, 5) is 45.3. The number of carbonyl (C=O) groups excluding carboxylic acids is 4. The van der Waals surface area contributed by atoms with Gasteiger partial charge in [-0.05, 0) is 6.42 Å². The molecule has 19 heavy (non-hydrogen) atoms. The largest absolute Gasteiger partial charge is 0.423 e. The lowest BCUT2D eigenvalue weighted by atomic mass is 9.77. The van der Waals surface area contributed by atoms with Gasteiger partial charge in [-0.1, -0.05) is 0 Å². The zero-order chi connectivity index (χ0) is 14.2. The summed E-state index contributed by atoms with van der Waals surface area (Å²) in [7, 11) is 0. The van der Waals surface area contributed by atoms with E-state index in [0.29, 0.717) is 0 Å². The molecule has 0 aromatic rings. The Bertz CT molecular complexity index is 437. The van der Waals surface area contributed by atoms with Gasteiger partial charge in [0.2, 0.25) is 0 Å². The maximum atomic E-state index is 11.6. The van der Waals surface area contributed by atoms with Crippen LogP contribution < -0.4 is 0 Å². The summed E-state index contributed by atoms with van der Waals surface area (Å²) < 4.78 is 14.7. The molecule has 2 aliphatic rings. The second-order valence-corrected chi connectivity index (χ2v) is 4.79. The molecule has 1 aliphatic carbocycles. The van der Waals surface area contributed by atoms with Gasteiger partial charge in [-0.2, -0.15) is 0 Å². The minimum Gasteiger partial charge on any atom is -0.423 e. The Kier molecular flexibility index (Phi) is 3.30. The fourth-order valence-corrected chi connectivity index (χ4v) is 2.67. The second kappa shape index (κ2) is 4.64. The molecular weight excluding hydrogens is 256 g/mol. The SMILES string of the molecule is CC(=O)OC1(OC(C)=O)CCC2C(=O)OC(=O)C2C1. The monoisotopic (exact) mass is 270 g/mol. The molecule has 0 amide bonds. The van der Waals surface area contributed by atoms with Crippen LogP contribution in [0.25, 0.3) is 0 Å². The standard InChI is InChI=1S/C12H14O7/c1-6(13)18-12(19-7(2)14)4-3-8-9(5-12)11(16)17-10(8)15/h8-9H,3-5H2,1-2H3. The van der Waals surface area contributed by atoms with Crippen LogP contribution in [-0.2, 0) is 33.4 Å². The third-order valence-electron chi connectivity index (χ3n) is 3.32. The molecule has 0 aromatic carbocycles. The number of rotatable bonds is 2. The van der Waals surface area contributed by atoms with E-state index in [-0.39, 0.29) is 19.3 Å². The fraction of sp³-hybridized carbons (Fsp3) is 0.667.